The molecule has 0 spiro atoms. The third-order valence-electron chi connectivity index (χ3n) is 6.17. The van der Waals surface area contributed by atoms with Crippen LogP contribution in [-0.2, 0) is 6.54 Å². The van der Waals surface area contributed by atoms with Gasteiger partial charge in [-0.1, -0.05) is 49.4 Å². The number of rotatable bonds is 3. The summed E-state index contributed by atoms with van der Waals surface area (Å²) in [5.74, 6) is 0.938. The van der Waals surface area contributed by atoms with Crippen molar-refractivity contribution in [2.45, 2.75) is 45.2 Å². The summed E-state index contributed by atoms with van der Waals surface area (Å²) in [5.41, 5.74) is 1.48. The molecule has 0 aromatic heterocycles. The molecule has 0 N–H and O–H groups in total. The second-order valence-corrected chi connectivity index (χ2v) is 7.86. The molecule has 2 aliphatic heterocycles. The zero-order valence-corrected chi connectivity index (χ0v) is 15.0. The van der Waals surface area contributed by atoms with Crippen LogP contribution in [0.4, 0.5) is 0 Å². The summed E-state index contributed by atoms with van der Waals surface area (Å²) in [6.07, 6.45) is 5.49. The summed E-state index contributed by atoms with van der Waals surface area (Å²) in [6.45, 7) is 8.67. The van der Waals surface area contributed by atoms with Crippen LogP contribution < -0.4 is 0 Å². The number of nitrogens with zero attached hydrogens (tertiary/aromatic N) is 2. The summed E-state index contributed by atoms with van der Waals surface area (Å²) >= 11 is 0. The van der Waals surface area contributed by atoms with Crippen LogP contribution in [0.5, 0.6) is 0 Å². The Kier molecular flexibility index (Phi) is 4.86. The van der Waals surface area contributed by atoms with Crippen molar-refractivity contribution in [1.82, 2.24) is 9.80 Å². The molecule has 2 heteroatoms. The molecule has 0 radical (unpaired) electrons. The molecular weight excluding hydrogens is 292 g/mol. The number of hydrogen-bond donors (Lipinski definition) is 0. The van der Waals surface area contributed by atoms with Crippen LogP contribution in [0.15, 0.2) is 42.5 Å². The highest BCUT2D eigenvalue weighted by Crippen LogP contribution is 2.25. The predicted molar refractivity (Wildman–Crippen MR) is 102 cm³/mol. The first-order chi connectivity index (χ1) is 11.8. The van der Waals surface area contributed by atoms with Gasteiger partial charge in [0.15, 0.2) is 0 Å². The first-order valence-corrected chi connectivity index (χ1v) is 9.72. The molecule has 0 saturated carbocycles. The Balaban J connectivity index is 1.36. The lowest BCUT2D eigenvalue weighted by Gasteiger charge is -2.41. The maximum absolute atomic E-state index is 2.77. The second-order valence-electron chi connectivity index (χ2n) is 7.86. The highest BCUT2D eigenvalue weighted by Gasteiger charge is 2.27. The molecular formula is C22H30N2. The highest BCUT2D eigenvalue weighted by molar-refractivity contribution is 5.85. The molecule has 0 aliphatic carbocycles. The number of piperidine rings is 2. The SMILES string of the molecule is CC1CCN(C2CCN(Cc3cccc4ccccc34)CC2)CC1. The van der Waals surface area contributed by atoms with Gasteiger partial charge in [0.25, 0.3) is 0 Å². The Bertz CT molecular complexity index is 659. The van der Waals surface area contributed by atoms with Crippen LogP contribution in [0.1, 0.15) is 38.2 Å². The summed E-state index contributed by atoms with van der Waals surface area (Å²) < 4.78 is 0. The Morgan fingerprint density at radius 3 is 2.33 bits per heavy atom. The van der Waals surface area contributed by atoms with Crippen molar-refractivity contribution in [2.75, 3.05) is 26.2 Å². The second kappa shape index (κ2) is 7.25. The van der Waals surface area contributed by atoms with Crippen molar-refractivity contribution < 1.29 is 0 Å². The van der Waals surface area contributed by atoms with Gasteiger partial charge >= 0.3 is 0 Å². The van der Waals surface area contributed by atoms with E-state index >= 15 is 0 Å². The first-order valence-electron chi connectivity index (χ1n) is 9.72. The predicted octanol–water partition coefficient (Wildman–Crippen LogP) is 4.54. The Morgan fingerprint density at radius 2 is 1.54 bits per heavy atom. The summed E-state index contributed by atoms with van der Waals surface area (Å²) in [5, 5.41) is 2.79. The molecule has 128 valence electrons. The lowest BCUT2D eigenvalue weighted by molar-refractivity contribution is 0.0780. The fourth-order valence-corrected chi connectivity index (χ4v) is 4.51. The molecule has 2 nitrogen and oxygen atoms in total. The van der Waals surface area contributed by atoms with Crippen molar-refractivity contribution in [2.24, 2.45) is 5.92 Å². The van der Waals surface area contributed by atoms with Gasteiger partial charge in [-0.2, -0.15) is 0 Å². The quantitative estimate of drug-likeness (QED) is 0.819. The van der Waals surface area contributed by atoms with Crippen LogP contribution in [0.25, 0.3) is 10.8 Å². The van der Waals surface area contributed by atoms with Crippen molar-refractivity contribution in [3.05, 3.63) is 48.0 Å². The lowest BCUT2D eigenvalue weighted by Crippen LogP contribution is -2.47. The summed E-state index contributed by atoms with van der Waals surface area (Å²) in [7, 11) is 0. The Hall–Kier alpha value is -1.38. The van der Waals surface area contributed by atoms with E-state index in [-0.39, 0.29) is 0 Å². The largest absolute Gasteiger partial charge is 0.300 e. The topological polar surface area (TPSA) is 6.48 Å². The van der Waals surface area contributed by atoms with Crippen LogP contribution in [0.2, 0.25) is 0 Å². The smallest absolute Gasteiger partial charge is 0.0239 e. The number of fused-ring (bicyclic) bond motifs is 1. The molecule has 2 fully saturated rings. The normalized spacial score (nSPS) is 22.2. The van der Waals surface area contributed by atoms with Gasteiger partial charge in [0.05, 0.1) is 0 Å². The van der Waals surface area contributed by atoms with Crippen molar-refractivity contribution in [3.63, 3.8) is 0 Å². The van der Waals surface area contributed by atoms with Crippen LogP contribution in [0.3, 0.4) is 0 Å². The van der Waals surface area contributed by atoms with E-state index in [0.717, 1.165) is 18.5 Å². The average Bonchev–Trinajstić information content (AvgIpc) is 2.63. The van der Waals surface area contributed by atoms with E-state index in [4.69, 9.17) is 0 Å². The van der Waals surface area contributed by atoms with Gasteiger partial charge in [0.2, 0.25) is 0 Å². The van der Waals surface area contributed by atoms with E-state index in [1.165, 1.54) is 68.2 Å². The van der Waals surface area contributed by atoms with Crippen LogP contribution >= 0.6 is 0 Å². The summed E-state index contributed by atoms with van der Waals surface area (Å²) in [6, 6.07) is 16.4. The lowest BCUT2D eigenvalue weighted by atomic mass is 9.94. The van der Waals surface area contributed by atoms with E-state index in [2.05, 4.69) is 59.2 Å². The standard InChI is InChI=1S/C22H30N2/c1-18-9-15-24(16-10-18)21-11-13-23(14-12-21)17-20-7-4-6-19-5-2-3-8-22(19)20/h2-8,18,21H,9-17H2,1H3. The van der Waals surface area contributed by atoms with Gasteiger partial charge in [0, 0.05) is 12.6 Å². The van der Waals surface area contributed by atoms with E-state index in [1.807, 2.05) is 0 Å². The third-order valence-corrected chi connectivity index (χ3v) is 6.17. The minimum Gasteiger partial charge on any atom is -0.300 e. The molecule has 0 unspecified atom stereocenters. The van der Waals surface area contributed by atoms with Crippen LogP contribution in [0, 0.1) is 5.92 Å². The number of likely N-dealkylation sites (tertiary alicyclic amines) is 2. The molecule has 0 bridgehead atoms. The fraction of sp³-hybridized carbons (Fsp3) is 0.545. The van der Waals surface area contributed by atoms with Crippen molar-refractivity contribution in [1.29, 1.82) is 0 Å². The van der Waals surface area contributed by atoms with Gasteiger partial charge in [-0.3, -0.25) is 4.90 Å². The maximum atomic E-state index is 2.77. The summed E-state index contributed by atoms with van der Waals surface area (Å²) in [4.78, 5) is 5.43. The average molecular weight is 322 g/mol. The molecule has 2 aromatic carbocycles. The third kappa shape index (κ3) is 3.50. The fourth-order valence-electron chi connectivity index (χ4n) is 4.51. The molecule has 2 aliphatic rings. The van der Waals surface area contributed by atoms with Gasteiger partial charge in [0.1, 0.15) is 0 Å². The van der Waals surface area contributed by atoms with Crippen LogP contribution in [-0.4, -0.2) is 42.0 Å². The highest BCUT2D eigenvalue weighted by atomic mass is 15.2. The van der Waals surface area contributed by atoms with E-state index in [9.17, 15) is 0 Å². The molecule has 0 amide bonds. The molecule has 2 saturated heterocycles. The zero-order valence-electron chi connectivity index (χ0n) is 15.0. The first kappa shape index (κ1) is 16.1. The van der Waals surface area contributed by atoms with Gasteiger partial charge in [-0.15, -0.1) is 0 Å². The van der Waals surface area contributed by atoms with E-state index in [1.54, 1.807) is 0 Å². The van der Waals surface area contributed by atoms with Gasteiger partial charge < -0.3 is 4.90 Å². The Morgan fingerprint density at radius 1 is 0.833 bits per heavy atom. The van der Waals surface area contributed by atoms with Crippen molar-refractivity contribution >= 4 is 10.8 Å². The molecule has 2 heterocycles. The molecule has 0 atom stereocenters. The number of hydrogen-bond acceptors (Lipinski definition) is 2. The van der Waals surface area contributed by atoms with Gasteiger partial charge in [-0.05, 0) is 74.1 Å². The van der Waals surface area contributed by atoms with Gasteiger partial charge in [-0.25, -0.2) is 0 Å². The zero-order chi connectivity index (χ0) is 16.4. The van der Waals surface area contributed by atoms with Crippen molar-refractivity contribution in [3.8, 4) is 0 Å². The molecule has 4 rings (SSSR count). The molecule has 2 aromatic rings. The number of benzene rings is 2. The van der Waals surface area contributed by atoms with E-state index < -0.39 is 0 Å². The molecule has 24 heavy (non-hydrogen) atoms. The van der Waals surface area contributed by atoms with E-state index in [0.29, 0.717) is 0 Å². The maximum Gasteiger partial charge on any atom is 0.0239 e. The minimum atomic E-state index is 0.835. The Labute approximate surface area is 146 Å². The monoisotopic (exact) mass is 322 g/mol. The minimum absolute atomic E-state index is 0.835.